The predicted octanol–water partition coefficient (Wildman–Crippen LogP) is -1.19. The average Bonchev–Trinajstić information content (AvgIpc) is 3.07. The number of aliphatic imine (C=N–C) groups is 2. The fraction of sp³-hybridized carbons (Fsp3) is 0.750. The van der Waals surface area contributed by atoms with Crippen LogP contribution in [0.4, 0.5) is 0 Å². The van der Waals surface area contributed by atoms with Crippen molar-refractivity contribution in [1.82, 2.24) is 4.90 Å². The highest BCUT2D eigenvalue weighted by atomic mass is 35.5. The highest BCUT2D eigenvalue weighted by molar-refractivity contribution is 6.38. The van der Waals surface area contributed by atoms with Gasteiger partial charge in [0.05, 0.1) is 19.2 Å². The van der Waals surface area contributed by atoms with Crippen LogP contribution in [0.15, 0.2) is 9.98 Å². The number of fused-ring (bicyclic) bond motifs is 4. The van der Waals surface area contributed by atoms with Crippen LogP contribution in [-0.2, 0) is 9.47 Å². The second-order valence-electron chi connectivity index (χ2n) is 5.61. The molecule has 4 heterocycles. The van der Waals surface area contributed by atoms with E-state index in [0.717, 1.165) is 0 Å². The van der Waals surface area contributed by atoms with Crippen molar-refractivity contribution >= 4 is 23.5 Å². The lowest BCUT2D eigenvalue weighted by Gasteiger charge is -2.34. The van der Waals surface area contributed by atoms with Crippen molar-refractivity contribution in [2.24, 2.45) is 9.98 Å². The highest BCUT2D eigenvalue weighted by Crippen LogP contribution is 2.41. The van der Waals surface area contributed by atoms with E-state index >= 15 is 0 Å². The summed E-state index contributed by atoms with van der Waals surface area (Å²) in [6.07, 6.45) is -2.36. The molecule has 2 N–H and O–H groups in total. The van der Waals surface area contributed by atoms with Crippen LogP contribution in [0.25, 0.3) is 0 Å². The molecule has 0 spiro atoms. The Kier molecular flexibility index (Phi) is 2.72. The third-order valence-electron chi connectivity index (χ3n) is 4.25. The molecule has 0 aliphatic carbocycles. The Bertz CT molecular complexity index is 590. The molecular formula is C12H13ClN4O4. The van der Waals surface area contributed by atoms with Crippen molar-refractivity contribution < 1.29 is 19.7 Å². The van der Waals surface area contributed by atoms with Crippen molar-refractivity contribution in [3.8, 4) is 6.07 Å². The fourth-order valence-corrected chi connectivity index (χ4v) is 3.57. The Morgan fingerprint density at radius 2 is 2.38 bits per heavy atom. The molecule has 0 radical (unpaired) electrons. The molecule has 4 aliphatic heterocycles. The smallest absolute Gasteiger partial charge is 0.296 e. The second-order valence-corrected chi connectivity index (χ2v) is 6.33. The normalized spacial score (nSPS) is 47.0. The number of nitrogens with zero attached hydrogens (tertiary/aromatic N) is 4. The average molecular weight is 313 g/mol. The molecule has 8 nitrogen and oxygen atoms in total. The molecule has 9 heteroatoms. The number of alkyl halides is 1. The minimum Gasteiger partial charge on any atom is -0.454 e. The molecule has 2 unspecified atom stereocenters. The lowest BCUT2D eigenvalue weighted by Crippen LogP contribution is -2.51. The van der Waals surface area contributed by atoms with Gasteiger partial charge in [-0.3, -0.25) is 4.90 Å². The Morgan fingerprint density at radius 1 is 1.57 bits per heavy atom. The van der Waals surface area contributed by atoms with E-state index in [9.17, 15) is 10.2 Å². The number of ether oxygens (including phenoxy) is 2. The Labute approximate surface area is 125 Å². The zero-order valence-corrected chi connectivity index (χ0v) is 11.6. The van der Waals surface area contributed by atoms with E-state index in [1.165, 1.54) is 0 Å². The zero-order chi connectivity index (χ0) is 14.8. The molecule has 4 rings (SSSR count). The first-order chi connectivity index (χ1) is 10.1. The van der Waals surface area contributed by atoms with Gasteiger partial charge in [-0.25, -0.2) is 4.99 Å². The third kappa shape index (κ3) is 1.72. The summed E-state index contributed by atoms with van der Waals surface area (Å²) in [5, 5.41) is 28.2. The minimum absolute atomic E-state index is 0.285. The van der Waals surface area contributed by atoms with Crippen molar-refractivity contribution in [2.45, 2.75) is 41.9 Å². The molecule has 2 fully saturated rings. The molecule has 0 saturated carbocycles. The Hall–Kier alpha value is -1.40. The number of aliphatic hydroxyl groups is 2. The summed E-state index contributed by atoms with van der Waals surface area (Å²) in [7, 11) is 0. The zero-order valence-electron chi connectivity index (χ0n) is 10.9. The first-order valence-electron chi connectivity index (χ1n) is 6.69. The van der Waals surface area contributed by atoms with Gasteiger partial charge in [0.2, 0.25) is 0 Å². The van der Waals surface area contributed by atoms with Crippen molar-refractivity contribution in [3.63, 3.8) is 0 Å². The van der Waals surface area contributed by atoms with Crippen LogP contribution in [0.1, 0.15) is 6.42 Å². The van der Waals surface area contributed by atoms with Gasteiger partial charge in [0.1, 0.15) is 23.1 Å². The van der Waals surface area contributed by atoms with Gasteiger partial charge in [-0.1, -0.05) is 0 Å². The number of rotatable bonds is 1. The van der Waals surface area contributed by atoms with Crippen LogP contribution >= 0.6 is 11.6 Å². The highest BCUT2D eigenvalue weighted by Gasteiger charge is 2.59. The number of hydrogen-bond acceptors (Lipinski definition) is 8. The molecule has 21 heavy (non-hydrogen) atoms. The van der Waals surface area contributed by atoms with E-state index < -0.39 is 35.5 Å². The largest absolute Gasteiger partial charge is 0.454 e. The molecule has 0 aromatic heterocycles. The molecular weight excluding hydrogens is 300 g/mol. The van der Waals surface area contributed by atoms with Gasteiger partial charge in [0.15, 0.2) is 18.2 Å². The number of amidine groups is 2. The van der Waals surface area contributed by atoms with Crippen molar-refractivity contribution in [2.75, 3.05) is 13.2 Å². The molecule has 0 aromatic rings. The van der Waals surface area contributed by atoms with E-state index in [-0.39, 0.29) is 6.61 Å². The standard InChI is InChI=1S/C12H13ClN4O4/c13-12-1-5(2-14)15-10(12)16-11-17(4-12)9-8(21-11)7(19)6(3-18)20-9/h5-9,18-19H,1,3-4H2/t5?,6-,7-,8+,9-,12?/m1/s1. The maximum Gasteiger partial charge on any atom is 0.296 e. The van der Waals surface area contributed by atoms with Gasteiger partial charge in [-0.15, -0.1) is 11.6 Å². The van der Waals surface area contributed by atoms with Gasteiger partial charge < -0.3 is 19.7 Å². The summed E-state index contributed by atoms with van der Waals surface area (Å²) in [5.41, 5.74) is 0. The summed E-state index contributed by atoms with van der Waals surface area (Å²) in [4.78, 5) is 9.36. The van der Waals surface area contributed by atoms with Gasteiger partial charge >= 0.3 is 0 Å². The van der Waals surface area contributed by atoms with Gasteiger partial charge in [-0.2, -0.15) is 10.3 Å². The first kappa shape index (κ1) is 13.3. The summed E-state index contributed by atoms with van der Waals surface area (Å²) < 4.78 is 11.2. The van der Waals surface area contributed by atoms with Crippen molar-refractivity contribution in [3.05, 3.63) is 0 Å². The maximum atomic E-state index is 10.1. The third-order valence-corrected chi connectivity index (χ3v) is 4.70. The second kappa shape index (κ2) is 4.30. The monoisotopic (exact) mass is 312 g/mol. The number of aliphatic hydroxyl groups excluding tert-OH is 2. The molecule has 112 valence electrons. The van der Waals surface area contributed by atoms with Crippen LogP contribution in [0.2, 0.25) is 0 Å². The fourth-order valence-electron chi connectivity index (χ4n) is 3.20. The van der Waals surface area contributed by atoms with Crippen LogP contribution in [-0.4, -0.2) is 75.6 Å². The van der Waals surface area contributed by atoms with E-state index in [1.807, 2.05) is 0 Å². The summed E-state index contributed by atoms with van der Waals surface area (Å²) in [5.74, 6) is 0.398. The van der Waals surface area contributed by atoms with Crippen LogP contribution in [0.3, 0.4) is 0 Å². The molecule has 0 amide bonds. The molecule has 4 aliphatic rings. The van der Waals surface area contributed by atoms with E-state index in [2.05, 4.69) is 16.1 Å². The van der Waals surface area contributed by atoms with E-state index in [1.54, 1.807) is 4.90 Å². The summed E-state index contributed by atoms with van der Waals surface area (Å²) >= 11 is 6.56. The minimum atomic E-state index is -0.923. The predicted molar refractivity (Wildman–Crippen MR) is 70.8 cm³/mol. The SMILES string of the molecule is N#CC1CC2(Cl)CN3C(=NC2=N1)O[C@H]1[C@H](O)[C@@H](CO)O[C@H]13. The number of hydrogen-bond donors (Lipinski definition) is 2. The Balaban J connectivity index is 1.65. The number of nitriles is 1. The molecule has 0 aromatic carbocycles. The quantitative estimate of drug-likeness (QED) is 0.589. The van der Waals surface area contributed by atoms with Gasteiger partial charge in [0, 0.05) is 6.42 Å². The lowest BCUT2D eigenvalue weighted by molar-refractivity contribution is -0.0571. The number of halogens is 1. The van der Waals surface area contributed by atoms with Crippen LogP contribution in [0, 0.1) is 11.3 Å². The van der Waals surface area contributed by atoms with Gasteiger partial charge in [-0.05, 0) is 0 Å². The lowest BCUT2D eigenvalue weighted by atomic mass is 10.0. The first-order valence-corrected chi connectivity index (χ1v) is 7.07. The van der Waals surface area contributed by atoms with Crippen molar-refractivity contribution in [1.29, 1.82) is 5.26 Å². The van der Waals surface area contributed by atoms with E-state index in [0.29, 0.717) is 24.8 Å². The summed E-state index contributed by atoms with van der Waals surface area (Å²) in [6, 6.07) is 1.87. The van der Waals surface area contributed by atoms with E-state index in [4.69, 9.17) is 26.3 Å². The molecule has 0 bridgehead atoms. The summed E-state index contributed by atoms with van der Waals surface area (Å²) in [6.45, 7) is 0.0590. The van der Waals surface area contributed by atoms with Gasteiger partial charge in [0.25, 0.3) is 6.02 Å². The van der Waals surface area contributed by atoms with Crippen LogP contribution in [0.5, 0.6) is 0 Å². The van der Waals surface area contributed by atoms with Crippen LogP contribution < -0.4 is 0 Å². The Morgan fingerprint density at radius 3 is 3.10 bits per heavy atom. The topological polar surface area (TPSA) is 111 Å². The molecule has 2 saturated heterocycles. The molecule has 6 atom stereocenters. The maximum absolute atomic E-state index is 10.1.